The first-order valence-corrected chi connectivity index (χ1v) is 3.75. The molecule has 5 nitrogen and oxygen atoms in total. The summed E-state index contributed by atoms with van der Waals surface area (Å²) >= 11 is 0. The predicted octanol–water partition coefficient (Wildman–Crippen LogP) is 0.143. The van der Waals surface area contributed by atoms with Gasteiger partial charge in [-0.1, -0.05) is 6.07 Å². The van der Waals surface area contributed by atoms with Crippen LogP contribution in [0.15, 0.2) is 35.4 Å². The Balaban J connectivity index is 2.59. The lowest BCUT2D eigenvalue weighted by atomic mass is 10.3. The third-order valence-corrected chi connectivity index (χ3v) is 1.70. The van der Waals surface area contributed by atoms with Crippen LogP contribution in [-0.2, 0) is 0 Å². The van der Waals surface area contributed by atoms with Gasteiger partial charge in [0, 0.05) is 5.69 Å². The molecule has 13 heavy (non-hydrogen) atoms. The summed E-state index contributed by atoms with van der Waals surface area (Å²) in [6.07, 6.45) is 1.41. The van der Waals surface area contributed by atoms with Crippen molar-refractivity contribution in [3.63, 3.8) is 0 Å². The lowest BCUT2D eigenvalue weighted by Gasteiger charge is -1.99. The van der Waals surface area contributed by atoms with Crippen molar-refractivity contribution >= 4 is 5.69 Å². The van der Waals surface area contributed by atoms with Gasteiger partial charge >= 0.3 is 5.69 Å². The summed E-state index contributed by atoms with van der Waals surface area (Å²) in [5.41, 5.74) is 6.62. The van der Waals surface area contributed by atoms with Crippen LogP contribution in [0.1, 0.15) is 0 Å². The maximum absolute atomic E-state index is 11.1. The molecule has 0 spiro atoms. The number of anilines is 1. The topological polar surface area (TPSA) is 76.7 Å². The second kappa shape index (κ2) is 2.78. The summed E-state index contributed by atoms with van der Waals surface area (Å²) in [6, 6.07) is 7.03. The van der Waals surface area contributed by atoms with E-state index in [9.17, 15) is 4.79 Å². The van der Waals surface area contributed by atoms with Gasteiger partial charge in [0.1, 0.15) is 6.33 Å². The maximum atomic E-state index is 11.1. The van der Waals surface area contributed by atoms with Crippen LogP contribution in [-0.4, -0.2) is 14.8 Å². The highest BCUT2D eigenvalue weighted by Gasteiger charge is 1.99. The van der Waals surface area contributed by atoms with Crippen LogP contribution < -0.4 is 11.4 Å². The van der Waals surface area contributed by atoms with Crippen molar-refractivity contribution in [2.24, 2.45) is 0 Å². The monoisotopic (exact) mass is 176 g/mol. The molecule has 0 amide bonds. The van der Waals surface area contributed by atoms with Gasteiger partial charge in [-0.2, -0.15) is 5.10 Å². The van der Waals surface area contributed by atoms with E-state index >= 15 is 0 Å². The Bertz CT molecular complexity index is 471. The zero-order valence-corrected chi connectivity index (χ0v) is 6.77. The molecule has 0 bridgehead atoms. The summed E-state index contributed by atoms with van der Waals surface area (Å²) < 4.78 is 1.39. The van der Waals surface area contributed by atoms with E-state index in [4.69, 9.17) is 5.73 Å². The van der Waals surface area contributed by atoms with Crippen LogP contribution in [0.3, 0.4) is 0 Å². The average molecular weight is 176 g/mol. The Morgan fingerprint density at radius 3 is 2.92 bits per heavy atom. The number of hydrogen-bond acceptors (Lipinski definition) is 3. The Kier molecular flexibility index (Phi) is 1.63. The SMILES string of the molecule is Nc1cccc(-n2cn[nH]c2=O)c1. The number of nitrogens with one attached hydrogen (secondary N) is 1. The van der Waals surface area contributed by atoms with E-state index in [1.165, 1.54) is 10.9 Å². The van der Waals surface area contributed by atoms with Crippen LogP contribution in [0.25, 0.3) is 5.69 Å². The number of hydrogen-bond donors (Lipinski definition) is 2. The van der Waals surface area contributed by atoms with Gasteiger partial charge in [0.05, 0.1) is 5.69 Å². The molecule has 0 radical (unpaired) electrons. The first-order valence-electron chi connectivity index (χ1n) is 3.75. The van der Waals surface area contributed by atoms with Crippen LogP contribution >= 0.6 is 0 Å². The molecule has 0 atom stereocenters. The fourth-order valence-electron chi connectivity index (χ4n) is 1.11. The predicted molar refractivity (Wildman–Crippen MR) is 48.6 cm³/mol. The van der Waals surface area contributed by atoms with Gasteiger partial charge in [0.2, 0.25) is 0 Å². The standard InChI is InChI=1S/C8H8N4O/c9-6-2-1-3-7(4-6)12-5-10-11-8(12)13/h1-5H,9H2,(H,11,13). The highest BCUT2D eigenvalue weighted by Crippen LogP contribution is 2.08. The molecule has 0 unspecified atom stereocenters. The molecule has 0 fully saturated rings. The molecule has 5 heteroatoms. The van der Waals surface area contributed by atoms with Crippen molar-refractivity contribution < 1.29 is 0 Å². The third kappa shape index (κ3) is 1.31. The quantitative estimate of drug-likeness (QED) is 0.607. The molecule has 2 aromatic rings. The highest BCUT2D eigenvalue weighted by molar-refractivity contribution is 5.47. The summed E-state index contributed by atoms with van der Waals surface area (Å²) in [7, 11) is 0. The lowest BCUT2D eigenvalue weighted by Crippen LogP contribution is -2.14. The Morgan fingerprint density at radius 1 is 1.46 bits per heavy atom. The van der Waals surface area contributed by atoms with Gasteiger partial charge in [0.25, 0.3) is 0 Å². The first kappa shape index (κ1) is 7.60. The minimum Gasteiger partial charge on any atom is -0.399 e. The van der Waals surface area contributed by atoms with Crippen LogP contribution in [0.5, 0.6) is 0 Å². The number of nitrogens with zero attached hydrogens (tertiary/aromatic N) is 2. The van der Waals surface area contributed by atoms with E-state index in [-0.39, 0.29) is 5.69 Å². The van der Waals surface area contributed by atoms with Crippen molar-refractivity contribution in [3.05, 3.63) is 41.1 Å². The number of rotatable bonds is 1. The first-order chi connectivity index (χ1) is 6.27. The van der Waals surface area contributed by atoms with Crippen molar-refractivity contribution in [1.29, 1.82) is 0 Å². The van der Waals surface area contributed by atoms with Crippen LogP contribution in [0, 0.1) is 0 Å². The minimum atomic E-state index is -0.273. The molecule has 2 rings (SSSR count). The number of aromatic nitrogens is 3. The lowest BCUT2D eigenvalue weighted by molar-refractivity contribution is 0.983. The third-order valence-electron chi connectivity index (χ3n) is 1.70. The number of nitrogens with two attached hydrogens (primary N) is 1. The largest absolute Gasteiger partial charge is 0.399 e. The Labute approximate surface area is 73.8 Å². The van der Waals surface area contributed by atoms with E-state index < -0.39 is 0 Å². The zero-order valence-electron chi connectivity index (χ0n) is 6.77. The highest BCUT2D eigenvalue weighted by atomic mass is 16.1. The number of benzene rings is 1. The van der Waals surface area contributed by atoms with Crippen molar-refractivity contribution in [3.8, 4) is 5.69 Å². The van der Waals surface area contributed by atoms with Crippen molar-refractivity contribution in [1.82, 2.24) is 14.8 Å². The van der Waals surface area contributed by atoms with Crippen LogP contribution in [0.2, 0.25) is 0 Å². The number of nitrogen functional groups attached to an aromatic ring is 1. The molecule has 66 valence electrons. The van der Waals surface area contributed by atoms with E-state index in [1.54, 1.807) is 24.3 Å². The van der Waals surface area contributed by atoms with Gasteiger partial charge in [0.15, 0.2) is 0 Å². The molecule has 3 N–H and O–H groups in total. The summed E-state index contributed by atoms with van der Waals surface area (Å²) in [5.74, 6) is 0. The van der Waals surface area contributed by atoms with Crippen LogP contribution in [0.4, 0.5) is 5.69 Å². The molecule has 0 aliphatic carbocycles. The molecule has 1 aromatic carbocycles. The van der Waals surface area contributed by atoms with Crippen molar-refractivity contribution in [2.45, 2.75) is 0 Å². The Hall–Kier alpha value is -2.04. The summed E-state index contributed by atoms with van der Waals surface area (Å²) in [4.78, 5) is 11.1. The fraction of sp³-hybridized carbons (Fsp3) is 0. The molecular weight excluding hydrogens is 168 g/mol. The van der Waals surface area contributed by atoms with E-state index in [1.807, 2.05) is 0 Å². The molecule has 1 aromatic heterocycles. The second-order valence-electron chi connectivity index (χ2n) is 2.63. The molecule has 0 saturated carbocycles. The molecule has 0 aliphatic rings. The van der Waals surface area contributed by atoms with E-state index in [0.717, 1.165) is 0 Å². The number of H-pyrrole nitrogens is 1. The fourth-order valence-corrected chi connectivity index (χ4v) is 1.11. The van der Waals surface area contributed by atoms with Crippen molar-refractivity contribution in [2.75, 3.05) is 5.73 Å². The summed E-state index contributed by atoms with van der Waals surface area (Å²) in [6.45, 7) is 0. The second-order valence-corrected chi connectivity index (χ2v) is 2.63. The molecule has 1 heterocycles. The average Bonchev–Trinajstić information content (AvgIpc) is 2.51. The van der Waals surface area contributed by atoms with Gasteiger partial charge in [-0.25, -0.2) is 14.5 Å². The van der Waals surface area contributed by atoms with Gasteiger partial charge in [-0.05, 0) is 18.2 Å². The van der Waals surface area contributed by atoms with Gasteiger partial charge in [-0.3, -0.25) is 0 Å². The van der Waals surface area contributed by atoms with E-state index in [0.29, 0.717) is 11.4 Å². The van der Waals surface area contributed by atoms with Gasteiger partial charge < -0.3 is 5.73 Å². The Morgan fingerprint density at radius 2 is 2.31 bits per heavy atom. The smallest absolute Gasteiger partial charge is 0.347 e. The minimum absolute atomic E-state index is 0.273. The normalized spacial score (nSPS) is 10.2. The zero-order chi connectivity index (χ0) is 9.26. The van der Waals surface area contributed by atoms with Gasteiger partial charge in [-0.15, -0.1) is 0 Å². The molecular formula is C8H8N4O. The number of aromatic amines is 1. The molecule has 0 saturated heterocycles. The molecule has 0 aliphatic heterocycles. The summed E-state index contributed by atoms with van der Waals surface area (Å²) in [5, 5.41) is 5.92. The van der Waals surface area contributed by atoms with E-state index in [2.05, 4.69) is 10.2 Å². The maximum Gasteiger partial charge on any atom is 0.347 e.